The number of amides is 4. The number of hydrazine groups is 1. The van der Waals surface area contributed by atoms with E-state index in [0.717, 1.165) is 39.8 Å². The number of nitrogens with zero attached hydrogens (tertiary/aromatic N) is 4. The maximum atomic E-state index is 15.3. The van der Waals surface area contributed by atoms with E-state index < -0.39 is 75.7 Å². The van der Waals surface area contributed by atoms with Gasteiger partial charge in [0.2, 0.25) is 11.8 Å². The lowest BCUT2D eigenvalue weighted by Gasteiger charge is -2.63. The summed E-state index contributed by atoms with van der Waals surface area (Å²) in [5.74, 6) is -1.79. The molecule has 2 aromatic carbocycles. The lowest BCUT2D eigenvalue weighted by atomic mass is 9.47. The van der Waals surface area contributed by atoms with Crippen molar-refractivity contribution in [2.75, 3.05) is 77.2 Å². The van der Waals surface area contributed by atoms with Gasteiger partial charge in [0.1, 0.15) is 24.6 Å². The number of hydrogen-bond acceptors (Lipinski definition) is 18. The number of hydrogen-bond donors (Lipinski definition) is 10. The highest BCUT2D eigenvalue weighted by molar-refractivity contribution is 8.77. The summed E-state index contributed by atoms with van der Waals surface area (Å²) in [5, 5.41) is 45.3. The molecule has 15 atom stereocenters. The fraction of sp³-hybridized carbons (Fsp3) is 0.646. The Morgan fingerprint density at radius 1 is 0.978 bits per heavy atom. The van der Waals surface area contributed by atoms with Gasteiger partial charge in [-0.3, -0.25) is 44.2 Å². The van der Waals surface area contributed by atoms with Gasteiger partial charge in [-0.2, -0.15) is 0 Å². The van der Waals surface area contributed by atoms with Crippen molar-refractivity contribution in [2.24, 2.45) is 39.6 Å². The maximum Gasteiger partial charge on any atom is 0.426 e. The number of aliphatic hydroxyl groups excluding tert-OH is 1. The van der Waals surface area contributed by atoms with Crippen molar-refractivity contribution in [1.29, 1.82) is 0 Å². The van der Waals surface area contributed by atoms with Crippen LogP contribution in [0, 0.1) is 23.2 Å². The Hall–Kier alpha value is -6.09. The molecule has 90 heavy (non-hydrogen) atoms. The Labute approximate surface area is 536 Å². The first-order valence-electron chi connectivity index (χ1n) is 32.0. The predicted molar refractivity (Wildman–Crippen MR) is 349 cm³/mol. The van der Waals surface area contributed by atoms with Crippen molar-refractivity contribution in [2.45, 2.75) is 170 Å². The van der Waals surface area contributed by atoms with Crippen LogP contribution in [-0.2, 0) is 50.7 Å². The first-order chi connectivity index (χ1) is 42.9. The number of rotatable bonds is 26. The van der Waals surface area contributed by atoms with E-state index in [-0.39, 0.29) is 53.7 Å². The third-order valence-corrected chi connectivity index (χ3v) is 23.8. The van der Waals surface area contributed by atoms with E-state index in [2.05, 4.69) is 59.5 Å². The Balaban J connectivity index is 0.898. The standard InChI is InChI=1S/C65H95N11O12S2/c1-10-43(17-15-23-69-59(66)67)54(80)70-39(5)50(78)29-38(4)53(79)68-24-28-89-90-41(7)40(6)88-60(83)73-72-58(82)65(85)56-64(22-27-76-25-16-21-62(12-3,55(64)76)57(65)81)46-30-47(51(86-9)31-49(46)74(56)8)63(36-87-37-77)33-42-32-61(84,11-2)35-75(34-42)26-20-45-44-18-13-14-19-48(44)71-52(45)63/h13-14,16,18-19,21,30-31,37-43,55-57,71,81,84-85H,10-12,15,17,20,22-29,32-36H2,1-9H3,(H,68,79)(H,70,80)(H,72,82)(H,73,83)(H4,66,67,69)/t38-,39+,40?,41?,42-,43+,55+,56-,57-,61+,62-,63+,64-,65+/m1/s1. The molecule has 1 aliphatic carbocycles. The number of methoxy groups -OCH3 is 1. The van der Waals surface area contributed by atoms with Crippen LogP contribution in [0.1, 0.15) is 129 Å². The van der Waals surface area contributed by atoms with Crippen molar-refractivity contribution in [1.82, 2.24) is 36.3 Å². The number of likely N-dealkylation sites (N-methyl/N-ethyl adjacent to an activating group) is 1. The maximum absolute atomic E-state index is 15.3. The molecule has 6 heterocycles. The zero-order valence-electron chi connectivity index (χ0n) is 53.6. The van der Waals surface area contributed by atoms with Crippen LogP contribution in [0.3, 0.4) is 0 Å². The molecule has 3 fully saturated rings. The van der Waals surface area contributed by atoms with Gasteiger partial charge in [0.25, 0.3) is 12.4 Å². The number of carbonyl (C=O) groups is 6. The van der Waals surface area contributed by atoms with Gasteiger partial charge in [-0.1, -0.05) is 79.6 Å². The molecule has 1 saturated carbocycles. The lowest BCUT2D eigenvalue weighted by Crippen LogP contribution is -2.82. The summed E-state index contributed by atoms with van der Waals surface area (Å²) in [4.78, 5) is 94.9. The zero-order chi connectivity index (χ0) is 65.1. The summed E-state index contributed by atoms with van der Waals surface area (Å²) >= 11 is 0. The Morgan fingerprint density at radius 2 is 1.74 bits per heavy atom. The third-order valence-electron chi connectivity index (χ3n) is 20.8. The number of ether oxygens (including phenoxy) is 3. The highest BCUT2D eigenvalue weighted by Gasteiger charge is 2.79. The quantitative estimate of drug-likeness (QED) is 0.0101. The molecular weight excluding hydrogens is 1190 g/mol. The average Bonchev–Trinajstić information content (AvgIpc) is 1.45. The summed E-state index contributed by atoms with van der Waals surface area (Å²) < 4.78 is 18.3. The van der Waals surface area contributed by atoms with E-state index in [1.54, 1.807) is 27.9 Å². The molecular formula is C65H95N11O12S2. The van der Waals surface area contributed by atoms with Crippen molar-refractivity contribution in [3.8, 4) is 5.75 Å². The van der Waals surface area contributed by atoms with E-state index in [9.17, 15) is 39.3 Å². The minimum atomic E-state index is -2.56. The number of aromatic amines is 1. The largest absolute Gasteiger partial charge is 0.496 e. The van der Waals surface area contributed by atoms with Crippen LogP contribution < -0.4 is 42.6 Å². The van der Waals surface area contributed by atoms with Crippen LogP contribution in [0.15, 0.2) is 53.5 Å². The fourth-order valence-electron chi connectivity index (χ4n) is 16.3. The Morgan fingerprint density at radius 3 is 2.46 bits per heavy atom. The van der Waals surface area contributed by atoms with Gasteiger partial charge in [-0.05, 0) is 114 Å². The number of benzene rings is 2. The van der Waals surface area contributed by atoms with Crippen LogP contribution >= 0.6 is 21.6 Å². The summed E-state index contributed by atoms with van der Waals surface area (Å²) in [6, 6.07) is 10.0. The summed E-state index contributed by atoms with van der Waals surface area (Å²) in [6.45, 7) is 17.1. The molecule has 5 aliphatic heterocycles. The van der Waals surface area contributed by atoms with Crippen LogP contribution in [0.5, 0.6) is 5.75 Å². The van der Waals surface area contributed by atoms with E-state index >= 15 is 4.79 Å². The number of aromatic nitrogens is 1. The number of carbonyl (C=O) groups excluding carboxylic acids is 6. The number of ketones is 1. The molecule has 9 rings (SSSR count). The topological polar surface area (TPSA) is 329 Å². The Kier molecular flexibility index (Phi) is 21.3. The monoisotopic (exact) mass is 1290 g/mol. The zero-order valence-corrected chi connectivity index (χ0v) is 55.2. The van der Waals surface area contributed by atoms with Crippen molar-refractivity contribution < 1.29 is 58.3 Å². The second kappa shape index (κ2) is 28.0. The van der Waals surface area contributed by atoms with Gasteiger partial charge in [0, 0.05) is 126 Å². The molecule has 2 bridgehead atoms. The minimum absolute atomic E-state index is 0.00649. The molecule has 4 amide bonds. The van der Waals surface area contributed by atoms with Crippen LogP contribution in [0.2, 0.25) is 0 Å². The summed E-state index contributed by atoms with van der Waals surface area (Å²) in [5.41, 5.74) is 14.1. The third kappa shape index (κ3) is 12.8. The highest BCUT2D eigenvalue weighted by Crippen LogP contribution is 2.67. The Bertz CT molecular complexity index is 3200. The number of nitrogens with one attached hydrogen (secondary N) is 5. The van der Waals surface area contributed by atoms with Gasteiger partial charge in [-0.25, -0.2) is 10.2 Å². The first-order valence-corrected chi connectivity index (χ1v) is 34.4. The smallest absolute Gasteiger partial charge is 0.426 e. The second-order valence-corrected chi connectivity index (χ2v) is 29.0. The predicted octanol–water partition coefficient (Wildman–Crippen LogP) is 4.46. The summed E-state index contributed by atoms with van der Waals surface area (Å²) in [7, 11) is 6.32. The van der Waals surface area contributed by atoms with Crippen LogP contribution in [-0.4, -0.2) is 191 Å². The van der Waals surface area contributed by atoms with Crippen molar-refractivity contribution in [3.05, 3.63) is 70.9 Å². The van der Waals surface area contributed by atoms with Crippen LogP contribution in [0.4, 0.5) is 10.5 Å². The van der Waals surface area contributed by atoms with E-state index in [0.29, 0.717) is 121 Å². The van der Waals surface area contributed by atoms with Crippen molar-refractivity contribution >= 4 is 80.2 Å². The minimum Gasteiger partial charge on any atom is -0.496 e. The lowest BCUT2D eigenvalue weighted by molar-refractivity contribution is -0.204. The second-order valence-electron chi connectivity index (χ2n) is 26.2. The number of aliphatic hydroxyl groups is 3. The van der Waals surface area contributed by atoms with Gasteiger partial charge in [-0.15, -0.1) is 0 Å². The summed E-state index contributed by atoms with van der Waals surface area (Å²) in [6.07, 6.45) is 5.45. The number of H-pyrrole nitrogens is 1. The number of fused-ring (bicyclic) bond motifs is 6. The molecule has 3 unspecified atom stereocenters. The number of aliphatic imine (C=N–C) groups is 1. The van der Waals surface area contributed by atoms with Gasteiger partial charge in [0.15, 0.2) is 17.3 Å². The molecule has 494 valence electrons. The molecule has 6 aliphatic rings. The van der Waals surface area contributed by atoms with Crippen molar-refractivity contribution in [3.63, 3.8) is 0 Å². The van der Waals surface area contributed by atoms with Gasteiger partial charge >= 0.3 is 6.09 Å². The molecule has 2 saturated heterocycles. The number of nitrogens with two attached hydrogens (primary N) is 2. The van der Waals surface area contributed by atoms with Gasteiger partial charge < -0.3 is 61.5 Å². The highest BCUT2D eigenvalue weighted by atomic mass is 33.1. The fourth-order valence-corrected chi connectivity index (χ4v) is 18.6. The van der Waals surface area contributed by atoms with E-state index in [4.69, 9.17) is 25.7 Å². The average molecular weight is 1290 g/mol. The van der Waals surface area contributed by atoms with E-state index in [1.165, 1.54) is 21.6 Å². The molecule has 1 spiro atoms. The number of piperidine rings is 1. The molecule has 12 N–H and O–H groups in total. The number of para-hydroxylation sites is 1. The first kappa shape index (κ1) is 68.3. The molecule has 23 nitrogen and oxygen atoms in total. The number of anilines is 1. The SMILES string of the molecule is CC[C@@H](CCCN=C(N)N)C(=O)N[C@@H](C)C(=O)C[C@@H](C)C(=O)NCCSSC(C)C(C)OC(=O)NNC(=O)[C@@]1(O)[C@H](O)[C@]2(CC)C=CCN3CC[C@@]4(c5cc([C@@]6(COC=O)C[C@@H]7CN(CCc8c6[nH]c6ccccc86)C[C@](O)(CC)C7)c(OC)cc5N(C)[C@@H]14)[C@@H]32. The molecule has 25 heteroatoms. The number of guanidine groups is 1. The van der Waals surface area contributed by atoms with Crippen LogP contribution in [0.25, 0.3) is 10.9 Å². The van der Waals surface area contributed by atoms with Gasteiger partial charge in [0.05, 0.1) is 30.2 Å². The molecule has 3 aromatic rings. The number of Topliss-reactive ketones (excluding diaryl/α,β-unsaturated/α-hetero) is 1. The van der Waals surface area contributed by atoms with E-state index in [1.807, 2.05) is 70.0 Å². The normalized spacial score (nSPS) is 29.8. The molecule has 0 radical (unpaired) electrons. The molecule has 1 aromatic heterocycles.